The molecule has 2 rings (SSSR count). The van der Waals surface area contributed by atoms with Crippen LogP contribution in [-0.4, -0.2) is 57.1 Å². The second-order valence-electron chi connectivity index (χ2n) is 5.74. The Hall–Kier alpha value is -0.612. The Morgan fingerprint density at radius 2 is 2.36 bits per heavy atom. The Labute approximate surface area is 142 Å². The van der Waals surface area contributed by atoms with Crippen LogP contribution in [0, 0.1) is 0 Å². The third-order valence-corrected chi connectivity index (χ3v) is 6.41. The summed E-state index contributed by atoms with van der Waals surface area (Å²) in [6.45, 7) is 4.78. The van der Waals surface area contributed by atoms with Crippen molar-refractivity contribution >= 4 is 37.6 Å². The predicted molar refractivity (Wildman–Crippen MR) is 88.4 cm³/mol. The first-order valence-electron chi connectivity index (χ1n) is 7.45. The van der Waals surface area contributed by atoms with Gasteiger partial charge in [-0.15, -0.1) is 0 Å². The average Bonchev–Trinajstić information content (AvgIpc) is 2.47. The molecule has 122 valence electrons. The molecule has 0 radical (unpaired) electrons. The summed E-state index contributed by atoms with van der Waals surface area (Å²) in [7, 11) is 0. The number of hydrogen-bond donors (Lipinski definition) is 2. The number of amides is 1. The van der Waals surface area contributed by atoms with Gasteiger partial charge in [-0.25, -0.2) is 0 Å². The SMILES string of the molecule is CC(C)[AsH]c1cc(Cl)ncc1C(=O)N[C@@H]1CC[C@@H](CO)OC1. The third-order valence-electron chi connectivity index (χ3n) is 3.47. The van der Waals surface area contributed by atoms with E-state index in [2.05, 4.69) is 24.1 Å². The summed E-state index contributed by atoms with van der Waals surface area (Å²) in [4.78, 5) is 16.5. The van der Waals surface area contributed by atoms with Crippen LogP contribution in [0.1, 0.15) is 37.0 Å². The van der Waals surface area contributed by atoms with E-state index in [1.807, 2.05) is 6.07 Å². The van der Waals surface area contributed by atoms with Crippen LogP contribution >= 0.6 is 11.6 Å². The van der Waals surface area contributed by atoms with E-state index in [0.29, 0.717) is 22.0 Å². The van der Waals surface area contributed by atoms with Gasteiger partial charge in [0.05, 0.1) is 0 Å². The number of nitrogens with zero attached hydrogens (tertiary/aromatic N) is 1. The normalized spacial score (nSPS) is 22.4. The standard InChI is InChI=1S/C15H22AsClN2O3/c1-9(2)16-13-5-14(17)18-6-12(13)15(21)19-10-3-4-11(7-20)22-8-10/h5-6,9-11,16,20H,3-4,7-8H2,1-2H3,(H,19,21)/t10-,11+/m1/s1. The summed E-state index contributed by atoms with van der Waals surface area (Å²) in [6.07, 6.45) is 3.04. The van der Waals surface area contributed by atoms with E-state index in [-0.39, 0.29) is 24.7 Å². The zero-order chi connectivity index (χ0) is 16.1. The van der Waals surface area contributed by atoms with E-state index in [0.717, 1.165) is 17.2 Å². The van der Waals surface area contributed by atoms with Gasteiger partial charge in [-0.2, -0.15) is 0 Å². The molecule has 1 aliphatic heterocycles. The van der Waals surface area contributed by atoms with Crippen molar-refractivity contribution in [2.75, 3.05) is 13.2 Å². The first-order valence-corrected chi connectivity index (χ1v) is 10.1. The van der Waals surface area contributed by atoms with Crippen LogP contribution in [0.2, 0.25) is 9.86 Å². The van der Waals surface area contributed by atoms with Crippen molar-refractivity contribution in [1.29, 1.82) is 0 Å². The molecule has 0 aromatic carbocycles. The number of carbonyl (C=O) groups excluding carboxylic acids is 1. The molecule has 1 unspecified atom stereocenters. The summed E-state index contributed by atoms with van der Waals surface area (Å²) < 4.78 is 7.09. The molecule has 1 aliphatic rings. The van der Waals surface area contributed by atoms with Gasteiger partial charge in [-0.05, 0) is 0 Å². The monoisotopic (exact) mass is 388 g/mol. The Kier molecular flexibility index (Phi) is 6.69. The van der Waals surface area contributed by atoms with Gasteiger partial charge in [0.25, 0.3) is 0 Å². The zero-order valence-electron chi connectivity index (χ0n) is 12.8. The molecular weight excluding hydrogens is 367 g/mol. The summed E-state index contributed by atoms with van der Waals surface area (Å²) in [5.41, 5.74) is 0.627. The van der Waals surface area contributed by atoms with E-state index in [9.17, 15) is 4.79 Å². The molecule has 2 N–H and O–H groups in total. The van der Waals surface area contributed by atoms with Crippen molar-refractivity contribution in [3.63, 3.8) is 0 Å². The second kappa shape index (κ2) is 8.30. The summed E-state index contributed by atoms with van der Waals surface area (Å²) in [6, 6.07) is 1.80. The van der Waals surface area contributed by atoms with Crippen molar-refractivity contribution in [2.24, 2.45) is 0 Å². The number of ether oxygens (including phenoxy) is 1. The van der Waals surface area contributed by atoms with Gasteiger partial charge in [0.15, 0.2) is 0 Å². The quantitative estimate of drug-likeness (QED) is 0.581. The van der Waals surface area contributed by atoms with Crippen LogP contribution in [-0.2, 0) is 4.74 Å². The molecule has 0 saturated carbocycles. The van der Waals surface area contributed by atoms with Crippen molar-refractivity contribution in [3.05, 3.63) is 23.0 Å². The van der Waals surface area contributed by atoms with Gasteiger partial charge in [0, 0.05) is 0 Å². The minimum atomic E-state index is -0.435. The van der Waals surface area contributed by atoms with Crippen LogP contribution in [0.15, 0.2) is 12.3 Å². The predicted octanol–water partition coefficient (Wildman–Crippen LogP) is 0.895. The van der Waals surface area contributed by atoms with Gasteiger partial charge in [0.1, 0.15) is 0 Å². The number of aromatic nitrogens is 1. The number of carbonyl (C=O) groups is 1. The average molecular weight is 389 g/mol. The second-order valence-corrected chi connectivity index (χ2v) is 10.3. The molecule has 0 spiro atoms. The Bertz CT molecular complexity index is 520. The number of halogens is 1. The molecule has 1 aromatic rings. The molecule has 1 aromatic heterocycles. The zero-order valence-corrected chi connectivity index (χ0v) is 15.7. The van der Waals surface area contributed by atoms with Gasteiger partial charge >= 0.3 is 142 Å². The van der Waals surface area contributed by atoms with Crippen LogP contribution in [0.5, 0.6) is 0 Å². The van der Waals surface area contributed by atoms with Crippen LogP contribution in [0.25, 0.3) is 0 Å². The molecule has 1 saturated heterocycles. The molecule has 0 aliphatic carbocycles. The fourth-order valence-corrected chi connectivity index (χ4v) is 5.18. The van der Waals surface area contributed by atoms with Gasteiger partial charge in [-0.3, -0.25) is 0 Å². The molecule has 1 fully saturated rings. The fourth-order valence-electron chi connectivity index (χ4n) is 2.37. The van der Waals surface area contributed by atoms with Crippen LogP contribution in [0.4, 0.5) is 0 Å². The van der Waals surface area contributed by atoms with Crippen molar-refractivity contribution in [2.45, 2.75) is 43.5 Å². The topological polar surface area (TPSA) is 71.5 Å². The Morgan fingerprint density at radius 1 is 1.59 bits per heavy atom. The first kappa shape index (κ1) is 17.7. The van der Waals surface area contributed by atoms with E-state index in [1.54, 1.807) is 6.20 Å². The number of aliphatic hydroxyl groups excluding tert-OH is 1. The number of aliphatic hydroxyl groups is 1. The minimum absolute atomic E-state index is 0.0159. The Morgan fingerprint density at radius 3 is 2.95 bits per heavy atom. The third kappa shape index (κ3) is 4.95. The van der Waals surface area contributed by atoms with Crippen LogP contribution < -0.4 is 9.67 Å². The van der Waals surface area contributed by atoms with Crippen molar-refractivity contribution < 1.29 is 14.6 Å². The van der Waals surface area contributed by atoms with Gasteiger partial charge in [0.2, 0.25) is 0 Å². The van der Waals surface area contributed by atoms with Gasteiger partial charge in [-0.1, -0.05) is 0 Å². The van der Waals surface area contributed by atoms with Gasteiger partial charge < -0.3 is 0 Å². The van der Waals surface area contributed by atoms with E-state index in [4.69, 9.17) is 21.4 Å². The first-order chi connectivity index (χ1) is 10.5. The number of nitrogens with one attached hydrogen (secondary N) is 1. The van der Waals surface area contributed by atoms with E-state index >= 15 is 0 Å². The number of hydrogen-bond acceptors (Lipinski definition) is 4. The number of rotatable bonds is 5. The van der Waals surface area contributed by atoms with Crippen LogP contribution in [0.3, 0.4) is 0 Å². The fraction of sp³-hybridized carbons (Fsp3) is 0.600. The molecule has 5 nitrogen and oxygen atoms in total. The molecule has 2 heterocycles. The molecule has 22 heavy (non-hydrogen) atoms. The molecule has 7 heteroatoms. The maximum absolute atomic E-state index is 12.5. The summed E-state index contributed by atoms with van der Waals surface area (Å²) in [5.74, 6) is -0.111. The van der Waals surface area contributed by atoms with Crippen molar-refractivity contribution in [1.82, 2.24) is 10.3 Å². The molecular formula is C15H22AsClN2O3. The Balaban J connectivity index is 2.03. The molecule has 1 amide bonds. The summed E-state index contributed by atoms with van der Waals surface area (Å²) in [5, 5.41) is 12.5. The molecule has 3 atom stereocenters. The maximum atomic E-state index is 12.5. The van der Waals surface area contributed by atoms with E-state index < -0.39 is 15.8 Å². The molecule has 0 bridgehead atoms. The number of pyridine rings is 1. The van der Waals surface area contributed by atoms with E-state index in [1.165, 1.54) is 0 Å². The van der Waals surface area contributed by atoms with Crippen molar-refractivity contribution in [3.8, 4) is 0 Å². The summed E-state index contributed by atoms with van der Waals surface area (Å²) >= 11 is 5.53.